The summed E-state index contributed by atoms with van der Waals surface area (Å²) < 4.78 is 1.83. The quantitative estimate of drug-likeness (QED) is 0.915. The summed E-state index contributed by atoms with van der Waals surface area (Å²) in [7, 11) is 0. The van der Waals surface area contributed by atoms with Crippen LogP contribution in [0.1, 0.15) is 25.3 Å². The second-order valence-electron chi connectivity index (χ2n) is 5.32. The second kappa shape index (κ2) is 5.17. The first-order chi connectivity index (χ1) is 9.24. The monoisotopic (exact) mass is 259 g/mol. The Morgan fingerprint density at radius 3 is 3.21 bits per heavy atom. The van der Waals surface area contributed by atoms with E-state index >= 15 is 0 Å². The molecular formula is C14H21N5. The van der Waals surface area contributed by atoms with E-state index < -0.39 is 0 Å². The third-order valence-electron chi connectivity index (χ3n) is 3.78. The Kier molecular flexibility index (Phi) is 3.38. The lowest BCUT2D eigenvalue weighted by molar-refractivity contribution is 0.226. The van der Waals surface area contributed by atoms with Gasteiger partial charge >= 0.3 is 0 Å². The predicted molar refractivity (Wildman–Crippen MR) is 76.5 cm³/mol. The molecule has 0 spiro atoms. The molecule has 3 heterocycles. The summed E-state index contributed by atoms with van der Waals surface area (Å²) in [6.45, 7) is 7.71. The molecule has 0 bridgehead atoms. The maximum absolute atomic E-state index is 4.54. The zero-order valence-corrected chi connectivity index (χ0v) is 11.6. The Morgan fingerprint density at radius 2 is 2.37 bits per heavy atom. The van der Waals surface area contributed by atoms with Crippen LogP contribution in [0.15, 0.2) is 18.3 Å². The summed E-state index contributed by atoms with van der Waals surface area (Å²) in [6.07, 6.45) is 4.41. The number of pyridine rings is 1. The van der Waals surface area contributed by atoms with Crippen molar-refractivity contribution in [1.82, 2.24) is 19.5 Å². The van der Waals surface area contributed by atoms with E-state index in [-0.39, 0.29) is 0 Å². The van der Waals surface area contributed by atoms with Gasteiger partial charge in [0.25, 0.3) is 0 Å². The molecule has 1 saturated heterocycles. The number of hydrogen-bond donors (Lipinski definition) is 1. The molecule has 1 atom stereocenters. The van der Waals surface area contributed by atoms with Crippen molar-refractivity contribution < 1.29 is 0 Å². The minimum absolute atomic E-state index is 0.465. The average Bonchev–Trinajstić information content (AvgIpc) is 2.80. The molecule has 0 radical (unpaired) electrons. The molecule has 1 unspecified atom stereocenters. The van der Waals surface area contributed by atoms with E-state index in [1.807, 2.05) is 16.8 Å². The number of likely N-dealkylation sites (tertiary alicyclic amines) is 1. The van der Waals surface area contributed by atoms with Crippen LogP contribution in [-0.2, 0) is 0 Å². The van der Waals surface area contributed by atoms with Gasteiger partial charge in [-0.2, -0.15) is 4.98 Å². The van der Waals surface area contributed by atoms with Gasteiger partial charge in [-0.15, -0.1) is 5.10 Å². The highest BCUT2D eigenvalue weighted by Crippen LogP contribution is 2.14. The molecule has 19 heavy (non-hydrogen) atoms. The fraction of sp³-hybridized carbons (Fsp3) is 0.571. The molecule has 1 fully saturated rings. The molecule has 0 aliphatic carbocycles. The number of nitrogens with zero attached hydrogens (tertiary/aromatic N) is 4. The van der Waals surface area contributed by atoms with Crippen molar-refractivity contribution in [2.24, 2.45) is 0 Å². The van der Waals surface area contributed by atoms with Crippen molar-refractivity contribution in [3.8, 4) is 0 Å². The third-order valence-corrected chi connectivity index (χ3v) is 3.78. The van der Waals surface area contributed by atoms with Gasteiger partial charge in [0.2, 0.25) is 5.95 Å². The van der Waals surface area contributed by atoms with Gasteiger partial charge in [-0.05, 0) is 50.6 Å². The lowest BCUT2D eigenvalue weighted by Crippen LogP contribution is -2.42. The Hall–Kier alpha value is -1.62. The minimum Gasteiger partial charge on any atom is -0.349 e. The number of fused-ring (bicyclic) bond motifs is 1. The van der Waals surface area contributed by atoms with Crippen LogP contribution in [0.4, 0.5) is 5.95 Å². The third kappa shape index (κ3) is 2.71. The van der Waals surface area contributed by atoms with E-state index in [9.17, 15) is 0 Å². The van der Waals surface area contributed by atoms with E-state index in [1.165, 1.54) is 24.9 Å². The predicted octanol–water partition coefficient (Wildman–Crippen LogP) is 1.93. The SMILES string of the molecule is CCN1CCCC(Nc2nc3cc(C)ccn3n2)C1. The van der Waals surface area contributed by atoms with Crippen molar-refractivity contribution in [3.63, 3.8) is 0 Å². The maximum Gasteiger partial charge on any atom is 0.243 e. The highest BCUT2D eigenvalue weighted by atomic mass is 15.4. The van der Waals surface area contributed by atoms with Gasteiger partial charge in [0.05, 0.1) is 0 Å². The molecule has 3 rings (SSSR count). The smallest absolute Gasteiger partial charge is 0.243 e. The van der Waals surface area contributed by atoms with E-state index in [1.54, 1.807) is 0 Å². The van der Waals surface area contributed by atoms with E-state index in [2.05, 4.69) is 40.2 Å². The summed E-state index contributed by atoms with van der Waals surface area (Å²) in [6, 6.07) is 4.56. The largest absolute Gasteiger partial charge is 0.349 e. The van der Waals surface area contributed by atoms with Crippen LogP contribution < -0.4 is 5.32 Å². The summed E-state index contributed by atoms with van der Waals surface area (Å²) in [5.74, 6) is 0.744. The van der Waals surface area contributed by atoms with Crippen molar-refractivity contribution in [1.29, 1.82) is 0 Å². The summed E-state index contributed by atoms with van der Waals surface area (Å²) >= 11 is 0. The van der Waals surface area contributed by atoms with Crippen LogP contribution >= 0.6 is 0 Å². The molecule has 102 valence electrons. The first-order valence-corrected chi connectivity index (χ1v) is 7.06. The number of aryl methyl sites for hydroxylation is 1. The molecule has 1 aliphatic heterocycles. The van der Waals surface area contributed by atoms with Gasteiger partial charge in [-0.25, -0.2) is 4.52 Å². The molecule has 0 aromatic carbocycles. The van der Waals surface area contributed by atoms with Crippen molar-refractivity contribution in [2.75, 3.05) is 25.0 Å². The van der Waals surface area contributed by atoms with Crippen LogP contribution in [0.25, 0.3) is 5.65 Å². The number of anilines is 1. The Balaban J connectivity index is 1.74. The molecule has 0 saturated carbocycles. The van der Waals surface area contributed by atoms with Crippen LogP contribution in [0.2, 0.25) is 0 Å². The molecule has 1 aliphatic rings. The fourth-order valence-corrected chi connectivity index (χ4v) is 2.69. The van der Waals surface area contributed by atoms with E-state index in [4.69, 9.17) is 0 Å². The number of aromatic nitrogens is 3. The van der Waals surface area contributed by atoms with Gasteiger partial charge in [0.15, 0.2) is 5.65 Å². The first kappa shape index (κ1) is 12.4. The molecule has 5 nitrogen and oxygen atoms in total. The van der Waals surface area contributed by atoms with Gasteiger partial charge in [-0.1, -0.05) is 6.92 Å². The fourth-order valence-electron chi connectivity index (χ4n) is 2.69. The molecule has 2 aromatic rings. The van der Waals surface area contributed by atoms with Gasteiger partial charge in [0, 0.05) is 18.8 Å². The Morgan fingerprint density at radius 1 is 1.47 bits per heavy atom. The first-order valence-electron chi connectivity index (χ1n) is 7.06. The molecule has 0 amide bonds. The Labute approximate surface area is 113 Å². The standard InChI is InChI=1S/C14H21N5/c1-3-18-7-4-5-12(10-18)15-14-16-13-9-11(2)6-8-19(13)17-14/h6,8-9,12H,3-5,7,10H2,1-2H3,(H,15,17). The zero-order valence-electron chi connectivity index (χ0n) is 11.6. The van der Waals surface area contributed by atoms with E-state index in [0.29, 0.717) is 6.04 Å². The van der Waals surface area contributed by atoms with E-state index in [0.717, 1.165) is 24.7 Å². The maximum atomic E-state index is 4.54. The highest BCUT2D eigenvalue weighted by molar-refractivity contribution is 5.45. The number of hydrogen-bond acceptors (Lipinski definition) is 4. The Bertz CT molecular complexity index is 562. The normalized spacial score (nSPS) is 20.8. The summed E-state index contributed by atoms with van der Waals surface area (Å²) in [5.41, 5.74) is 2.12. The zero-order chi connectivity index (χ0) is 13.2. The van der Waals surface area contributed by atoms with Crippen molar-refractivity contribution in [2.45, 2.75) is 32.7 Å². The summed E-state index contributed by atoms with van der Waals surface area (Å²) in [5, 5.41) is 7.94. The molecule has 2 aromatic heterocycles. The average molecular weight is 259 g/mol. The lowest BCUT2D eigenvalue weighted by Gasteiger charge is -2.31. The number of nitrogens with one attached hydrogen (secondary N) is 1. The van der Waals surface area contributed by atoms with Crippen LogP contribution in [-0.4, -0.2) is 45.2 Å². The highest BCUT2D eigenvalue weighted by Gasteiger charge is 2.19. The van der Waals surface area contributed by atoms with Gasteiger partial charge in [0.1, 0.15) is 0 Å². The summed E-state index contributed by atoms with van der Waals surface area (Å²) in [4.78, 5) is 7.01. The molecule has 5 heteroatoms. The van der Waals surface area contributed by atoms with Gasteiger partial charge < -0.3 is 10.2 Å². The number of likely N-dealkylation sites (N-methyl/N-ethyl adjacent to an activating group) is 1. The topological polar surface area (TPSA) is 45.5 Å². The van der Waals surface area contributed by atoms with Crippen LogP contribution in [0.5, 0.6) is 0 Å². The van der Waals surface area contributed by atoms with Crippen molar-refractivity contribution >= 4 is 11.6 Å². The number of piperidine rings is 1. The van der Waals surface area contributed by atoms with Crippen LogP contribution in [0.3, 0.4) is 0 Å². The second-order valence-corrected chi connectivity index (χ2v) is 5.32. The number of rotatable bonds is 3. The van der Waals surface area contributed by atoms with Crippen LogP contribution in [0, 0.1) is 6.92 Å². The van der Waals surface area contributed by atoms with Gasteiger partial charge in [-0.3, -0.25) is 0 Å². The minimum atomic E-state index is 0.465. The van der Waals surface area contributed by atoms with Crippen molar-refractivity contribution in [3.05, 3.63) is 23.9 Å². The molecule has 1 N–H and O–H groups in total. The molecular weight excluding hydrogens is 238 g/mol. The lowest BCUT2D eigenvalue weighted by atomic mass is 10.1.